The normalized spacial score (nSPS) is 14.4. The van der Waals surface area contributed by atoms with Crippen LogP contribution in [0.5, 0.6) is 5.75 Å². The van der Waals surface area contributed by atoms with Crippen LogP contribution >= 0.6 is 0 Å². The van der Waals surface area contributed by atoms with Crippen molar-refractivity contribution in [2.75, 3.05) is 26.2 Å². The van der Waals surface area contributed by atoms with E-state index in [4.69, 9.17) is 0 Å². The maximum absolute atomic E-state index is 12.9. The van der Waals surface area contributed by atoms with E-state index in [2.05, 4.69) is 9.72 Å². The number of rotatable bonds is 4. The first kappa shape index (κ1) is 18.9. The number of carbonyl (C=O) groups is 2. The Morgan fingerprint density at radius 1 is 0.862 bits per heavy atom. The van der Waals surface area contributed by atoms with Gasteiger partial charge >= 0.3 is 6.61 Å². The summed E-state index contributed by atoms with van der Waals surface area (Å²) in [6, 6.07) is 13.4. The SMILES string of the molecule is O=C(c1ccccc1OC(F)F)N1CCN(C(=O)c2cccc3cc[nH]c23)CC1. The summed E-state index contributed by atoms with van der Waals surface area (Å²) in [6.07, 6.45) is 1.79. The first-order chi connectivity index (χ1) is 14.0. The number of nitrogens with zero attached hydrogens (tertiary/aromatic N) is 2. The van der Waals surface area contributed by atoms with E-state index < -0.39 is 6.61 Å². The Labute approximate surface area is 165 Å². The van der Waals surface area contributed by atoms with Crippen LogP contribution in [0.15, 0.2) is 54.7 Å². The highest BCUT2D eigenvalue weighted by molar-refractivity contribution is 6.05. The smallest absolute Gasteiger partial charge is 0.387 e. The number of hydrogen-bond acceptors (Lipinski definition) is 3. The van der Waals surface area contributed by atoms with Crippen molar-refractivity contribution in [1.82, 2.24) is 14.8 Å². The molecule has 0 unspecified atom stereocenters. The number of halogens is 2. The minimum absolute atomic E-state index is 0.0868. The summed E-state index contributed by atoms with van der Waals surface area (Å²) in [5.41, 5.74) is 1.46. The van der Waals surface area contributed by atoms with Gasteiger partial charge in [-0.3, -0.25) is 9.59 Å². The molecule has 6 nitrogen and oxygen atoms in total. The fraction of sp³-hybridized carbons (Fsp3) is 0.238. The van der Waals surface area contributed by atoms with E-state index >= 15 is 0 Å². The molecule has 0 radical (unpaired) electrons. The molecule has 1 N–H and O–H groups in total. The van der Waals surface area contributed by atoms with Gasteiger partial charge in [-0.05, 0) is 24.3 Å². The molecule has 2 aromatic carbocycles. The number of piperazine rings is 1. The number of amides is 2. The lowest BCUT2D eigenvalue weighted by molar-refractivity contribution is -0.0503. The summed E-state index contributed by atoms with van der Waals surface area (Å²) in [4.78, 5) is 32.0. The number of ether oxygens (including phenoxy) is 1. The molecule has 150 valence electrons. The van der Waals surface area contributed by atoms with Crippen LogP contribution < -0.4 is 4.74 Å². The van der Waals surface area contributed by atoms with Crippen LogP contribution in [0.1, 0.15) is 20.7 Å². The molecule has 4 rings (SSSR count). The fourth-order valence-electron chi connectivity index (χ4n) is 3.56. The molecular weight excluding hydrogens is 380 g/mol. The second-order valence-corrected chi connectivity index (χ2v) is 6.71. The second-order valence-electron chi connectivity index (χ2n) is 6.71. The molecule has 1 saturated heterocycles. The van der Waals surface area contributed by atoms with E-state index in [1.54, 1.807) is 28.1 Å². The summed E-state index contributed by atoms with van der Waals surface area (Å²) < 4.78 is 29.7. The van der Waals surface area contributed by atoms with Crippen LogP contribution in [-0.2, 0) is 0 Å². The van der Waals surface area contributed by atoms with Gasteiger partial charge in [0.05, 0.1) is 16.6 Å². The third-order valence-electron chi connectivity index (χ3n) is 5.01. The van der Waals surface area contributed by atoms with Gasteiger partial charge in [0.1, 0.15) is 5.75 Å². The Bertz CT molecular complexity index is 1040. The third-order valence-corrected chi connectivity index (χ3v) is 5.01. The molecule has 8 heteroatoms. The molecular formula is C21H19F2N3O3. The molecule has 0 saturated carbocycles. The number of carbonyl (C=O) groups excluding carboxylic acids is 2. The quantitative estimate of drug-likeness (QED) is 0.732. The van der Waals surface area contributed by atoms with Gasteiger partial charge in [0, 0.05) is 37.8 Å². The second kappa shape index (κ2) is 7.90. The molecule has 1 aliphatic rings. The highest BCUT2D eigenvalue weighted by Crippen LogP contribution is 2.23. The summed E-state index contributed by atoms with van der Waals surface area (Å²) in [5.74, 6) is -0.643. The Hall–Kier alpha value is -3.42. The lowest BCUT2D eigenvalue weighted by Crippen LogP contribution is -2.50. The van der Waals surface area contributed by atoms with Crippen molar-refractivity contribution in [3.8, 4) is 5.75 Å². The molecule has 2 heterocycles. The average molecular weight is 399 g/mol. The van der Waals surface area contributed by atoms with Crippen LogP contribution in [0.25, 0.3) is 10.9 Å². The number of para-hydroxylation sites is 2. The summed E-state index contributed by atoms with van der Waals surface area (Å²) in [7, 11) is 0. The highest BCUT2D eigenvalue weighted by atomic mass is 19.3. The zero-order chi connectivity index (χ0) is 20.4. The van der Waals surface area contributed by atoms with Crippen molar-refractivity contribution in [1.29, 1.82) is 0 Å². The summed E-state index contributed by atoms with van der Waals surface area (Å²) in [5, 5.41) is 0.959. The number of H-pyrrole nitrogens is 1. The number of aromatic amines is 1. The van der Waals surface area contributed by atoms with Crippen molar-refractivity contribution in [3.05, 3.63) is 65.9 Å². The summed E-state index contributed by atoms with van der Waals surface area (Å²) in [6.45, 7) is -1.66. The number of benzene rings is 2. The Kier molecular flexibility index (Phi) is 5.16. The minimum Gasteiger partial charge on any atom is -0.434 e. The lowest BCUT2D eigenvalue weighted by Gasteiger charge is -2.35. The van der Waals surface area contributed by atoms with Crippen molar-refractivity contribution < 1.29 is 23.1 Å². The maximum atomic E-state index is 12.9. The minimum atomic E-state index is -3.01. The van der Waals surface area contributed by atoms with Crippen molar-refractivity contribution >= 4 is 22.7 Å². The standard InChI is InChI=1S/C21H19F2N3O3/c22-21(23)29-17-7-2-1-5-15(17)19(27)25-10-12-26(13-11-25)20(28)16-6-3-4-14-8-9-24-18(14)16/h1-9,21,24H,10-13H2. The predicted octanol–water partition coefficient (Wildman–Crippen LogP) is 3.37. The highest BCUT2D eigenvalue weighted by Gasteiger charge is 2.28. The number of alkyl halides is 2. The molecule has 0 spiro atoms. The molecule has 1 fully saturated rings. The van der Waals surface area contributed by atoms with E-state index in [0.717, 1.165) is 10.9 Å². The van der Waals surface area contributed by atoms with Crippen LogP contribution in [0, 0.1) is 0 Å². The number of nitrogens with one attached hydrogen (secondary N) is 1. The molecule has 29 heavy (non-hydrogen) atoms. The Morgan fingerprint density at radius 2 is 1.48 bits per heavy atom. The van der Waals surface area contributed by atoms with Crippen LogP contribution in [-0.4, -0.2) is 59.4 Å². The zero-order valence-electron chi connectivity index (χ0n) is 15.5. The van der Waals surface area contributed by atoms with E-state index in [0.29, 0.717) is 31.7 Å². The molecule has 3 aromatic rings. The largest absolute Gasteiger partial charge is 0.434 e. The van der Waals surface area contributed by atoms with E-state index in [1.165, 1.54) is 18.2 Å². The first-order valence-electron chi connectivity index (χ1n) is 9.23. The Morgan fingerprint density at radius 3 is 2.17 bits per heavy atom. The molecule has 2 amide bonds. The van der Waals surface area contributed by atoms with Crippen LogP contribution in [0.2, 0.25) is 0 Å². The lowest BCUT2D eigenvalue weighted by atomic mass is 10.1. The first-order valence-corrected chi connectivity index (χ1v) is 9.23. The van der Waals surface area contributed by atoms with Gasteiger partial charge in [-0.1, -0.05) is 24.3 Å². The van der Waals surface area contributed by atoms with Gasteiger partial charge in [-0.15, -0.1) is 0 Å². The van der Waals surface area contributed by atoms with Crippen LogP contribution in [0.3, 0.4) is 0 Å². The molecule has 1 aromatic heterocycles. The van der Waals surface area contributed by atoms with E-state index in [1.807, 2.05) is 18.2 Å². The van der Waals surface area contributed by atoms with Gasteiger partial charge in [0.2, 0.25) is 0 Å². The van der Waals surface area contributed by atoms with Gasteiger partial charge in [0.15, 0.2) is 0 Å². The number of hydrogen-bond donors (Lipinski definition) is 1. The topological polar surface area (TPSA) is 65.6 Å². The summed E-state index contributed by atoms with van der Waals surface area (Å²) >= 11 is 0. The maximum Gasteiger partial charge on any atom is 0.387 e. The third kappa shape index (κ3) is 3.78. The monoisotopic (exact) mass is 399 g/mol. The molecule has 0 aliphatic carbocycles. The van der Waals surface area contributed by atoms with Crippen molar-refractivity contribution in [2.24, 2.45) is 0 Å². The molecule has 0 bridgehead atoms. The molecule has 1 aliphatic heterocycles. The Balaban J connectivity index is 1.45. The molecule has 0 atom stereocenters. The predicted molar refractivity (Wildman–Crippen MR) is 103 cm³/mol. The number of aromatic nitrogens is 1. The van der Waals surface area contributed by atoms with E-state index in [-0.39, 0.29) is 23.1 Å². The van der Waals surface area contributed by atoms with Gasteiger partial charge in [-0.2, -0.15) is 8.78 Å². The van der Waals surface area contributed by atoms with Gasteiger partial charge in [-0.25, -0.2) is 0 Å². The fourth-order valence-corrected chi connectivity index (χ4v) is 3.56. The zero-order valence-corrected chi connectivity index (χ0v) is 15.5. The van der Waals surface area contributed by atoms with Gasteiger partial charge < -0.3 is 19.5 Å². The van der Waals surface area contributed by atoms with Crippen LogP contribution in [0.4, 0.5) is 8.78 Å². The van der Waals surface area contributed by atoms with Crippen molar-refractivity contribution in [2.45, 2.75) is 6.61 Å². The average Bonchev–Trinajstić information content (AvgIpc) is 3.22. The van der Waals surface area contributed by atoms with E-state index in [9.17, 15) is 18.4 Å². The van der Waals surface area contributed by atoms with Gasteiger partial charge in [0.25, 0.3) is 11.8 Å². The number of fused-ring (bicyclic) bond motifs is 1. The van der Waals surface area contributed by atoms with Crippen molar-refractivity contribution in [3.63, 3.8) is 0 Å².